The van der Waals surface area contributed by atoms with Crippen molar-refractivity contribution in [1.29, 1.82) is 0 Å². The van der Waals surface area contributed by atoms with Crippen LogP contribution in [0.1, 0.15) is 39.0 Å². The van der Waals surface area contributed by atoms with Gasteiger partial charge in [-0.05, 0) is 31.6 Å². The van der Waals surface area contributed by atoms with Crippen LogP contribution in [0.3, 0.4) is 0 Å². The average Bonchev–Trinajstić information content (AvgIpc) is 2.80. The van der Waals surface area contributed by atoms with Crippen molar-refractivity contribution >= 4 is 15.9 Å². The van der Waals surface area contributed by atoms with Crippen molar-refractivity contribution in [2.75, 3.05) is 39.0 Å². The summed E-state index contributed by atoms with van der Waals surface area (Å²) >= 11 is 0. The second kappa shape index (κ2) is 7.75. The highest BCUT2D eigenvalue weighted by molar-refractivity contribution is 7.88. The minimum atomic E-state index is -3.20. The van der Waals surface area contributed by atoms with Gasteiger partial charge >= 0.3 is 0 Å². The second-order valence-corrected chi connectivity index (χ2v) is 8.46. The van der Waals surface area contributed by atoms with E-state index < -0.39 is 10.0 Å². The molecule has 0 aromatic carbocycles. The van der Waals surface area contributed by atoms with E-state index >= 15 is 0 Å². The topological polar surface area (TPSA) is 69.7 Å². The third-order valence-corrected chi connectivity index (χ3v) is 5.34. The zero-order chi connectivity index (χ0) is 16.2. The molecule has 2 rings (SSSR count). The fourth-order valence-electron chi connectivity index (χ4n) is 3.60. The molecule has 22 heavy (non-hydrogen) atoms. The van der Waals surface area contributed by atoms with Crippen LogP contribution in [-0.4, -0.2) is 69.1 Å². The summed E-state index contributed by atoms with van der Waals surface area (Å²) in [6.45, 7) is 5.71. The Balaban J connectivity index is 1.90. The molecule has 2 aliphatic heterocycles. The van der Waals surface area contributed by atoms with E-state index in [9.17, 15) is 13.2 Å². The molecule has 0 saturated carbocycles. The molecule has 0 aromatic heterocycles. The molecule has 0 aliphatic carbocycles. The molecule has 0 aromatic rings. The molecular weight excluding hydrogens is 302 g/mol. The van der Waals surface area contributed by atoms with Gasteiger partial charge in [-0.3, -0.25) is 9.69 Å². The van der Waals surface area contributed by atoms with Crippen molar-refractivity contribution in [3.63, 3.8) is 0 Å². The molecule has 0 radical (unpaired) electrons. The zero-order valence-corrected chi connectivity index (χ0v) is 14.6. The van der Waals surface area contributed by atoms with Crippen LogP contribution in [0.5, 0.6) is 0 Å². The normalized spacial score (nSPS) is 27.3. The lowest BCUT2D eigenvalue weighted by Crippen LogP contribution is -2.43. The summed E-state index contributed by atoms with van der Waals surface area (Å²) in [7, 11) is -3.20. The van der Waals surface area contributed by atoms with Crippen molar-refractivity contribution < 1.29 is 13.2 Å². The number of piperidine rings is 1. The fourth-order valence-corrected chi connectivity index (χ4v) is 4.41. The number of likely N-dealkylation sites (tertiary alicyclic amines) is 2. The molecular formula is C15H29N3O3S. The Morgan fingerprint density at radius 2 is 1.86 bits per heavy atom. The van der Waals surface area contributed by atoms with Crippen LogP contribution in [0.15, 0.2) is 0 Å². The molecule has 0 spiro atoms. The maximum Gasteiger partial charge on any atom is 0.236 e. The van der Waals surface area contributed by atoms with Gasteiger partial charge in [0.05, 0.1) is 12.8 Å². The number of amides is 1. The zero-order valence-electron chi connectivity index (χ0n) is 13.8. The quantitative estimate of drug-likeness (QED) is 0.776. The summed E-state index contributed by atoms with van der Waals surface area (Å²) in [5.74, 6) is 0.490. The summed E-state index contributed by atoms with van der Waals surface area (Å²) in [5.41, 5.74) is 0. The molecule has 2 fully saturated rings. The van der Waals surface area contributed by atoms with Crippen molar-refractivity contribution in [3.05, 3.63) is 0 Å². The third kappa shape index (κ3) is 5.21. The SMILES string of the molecule is CCC[C@H]1CN(CC(=O)N2CCCCC2)C[C@@H]1NS(C)(=O)=O. The van der Waals surface area contributed by atoms with Gasteiger partial charge < -0.3 is 4.90 Å². The van der Waals surface area contributed by atoms with Gasteiger partial charge in [0.2, 0.25) is 15.9 Å². The van der Waals surface area contributed by atoms with Gasteiger partial charge in [0.1, 0.15) is 0 Å². The first-order chi connectivity index (χ1) is 10.4. The first-order valence-corrected chi connectivity index (χ1v) is 10.3. The van der Waals surface area contributed by atoms with Gasteiger partial charge in [-0.15, -0.1) is 0 Å². The van der Waals surface area contributed by atoms with Crippen LogP contribution in [0.4, 0.5) is 0 Å². The predicted molar refractivity (Wildman–Crippen MR) is 87.0 cm³/mol. The lowest BCUT2D eigenvalue weighted by Gasteiger charge is -2.28. The highest BCUT2D eigenvalue weighted by Crippen LogP contribution is 2.22. The van der Waals surface area contributed by atoms with E-state index in [1.54, 1.807) is 0 Å². The van der Waals surface area contributed by atoms with Crippen LogP contribution in [-0.2, 0) is 14.8 Å². The molecule has 2 heterocycles. The Hall–Kier alpha value is -0.660. The van der Waals surface area contributed by atoms with Gasteiger partial charge in [0.25, 0.3) is 0 Å². The van der Waals surface area contributed by atoms with E-state index in [4.69, 9.17) is 0 Å². The Kier molecular flexibility index (Phi) is 6.23. The number of carbonyl (C=O) groups is 1. The summed E-state index contributed by atoms with van der Waals surface area (Å²) in [6, 6.07) is -0.0656. The molecule has 1 N–H and O–H groups in total. The van der Waals surface area contributed by atoms with Crippen LogP contribution in [0.2, 0.25) is 0 Å². The molecule has 2 saturated heterocycles. The number of nitrogens with one attached hydrogen (secondary N) is 1. The van der Waals surface area contributed by atoms with E-state index in [2.05, 4.69) is 16.5 Å². The van der Waals surface area contributed by atoms with Crippen molar-refractivity contribution in [2.45, 2.75) is 45.1 Å². The molecule has 0 unspecified atom stereocenters. The standard InChI is InChI=1S/C15H29N3O3S/c1-3-7-13-10-17(11-14(13)16-22(2,20)21)12-15(19)18-8-5-4-6-9-18/h13-14,16H,3-12H2,1-2H3/t13-,14-/m0/s1. The van der Waals surface area contributed by atoms with E-state index in [0.717, 1.165) is 45.3 Å². The van der Waals surface area contributed by atoms with Crippen molar-refractivity contribution in [1.82, 2.24) is 14.5 Å². The molecule has 2 atom stereocenters. The van der Waals surface area contributed by atoms with Crippen molar-refractivity contribution in [3.8, 4) is 0 Å². The lowest BCUT2D eigenvalue weighted by molar-refractivity contribution is -0.133. The third-order valence-electron chi connectivity index (χ3n) is 4.61. The minimum Gasteiger partial charge on any atom is -0.342 e. The summed E-state index contributed by atoms with van der Waals surface area (Å²) < 4.78 is 25.8. The molecule has 128 valence electrons. The molecule has 2 aliphatic rings. The Labute approximate surface area is 134 Å². The van der Waals surface area contributed by atoms with E-state index in [1.165, 1.54) is 12.7 Å². The average molecular weight is 331 g/mol. The monoisotopic (exact) mass is 331 g/mol. The molecule has 7 heteroatoms. The van der Waals surface area contributed by atoms with Crippen LogP contribution < -0.4 is 4.72 Å². The van der Waals surface area contributed by atoms with E-state index in [-0.39, 0.29) is 11.9 Å². The van der Waals surface area contributed by atoms with Crippen LogP contribution in [0, 0.1) is 5.92 Å². The van der Waals surface area contributed by atoms with Crippen LogP contribution >= 0.6 is 0 Å². The van der Waals surface area contributed by atoms with Gasteiger partial charge in [-0.2, -0.15) is 0 Å². The highest BCUT2D eigenvalue weighted by atomic mass is 32.2. The summed E-state index contributed by atoms with van der Waals surface area (Å²) in [5, 5.41) is 0. The van der Waals surface area contributed by atoms with Gasteiger partial charge in [0.15, 0.2) is 0 Å². The molecule has 6 nitrogen and oxygen atoms in total. The van der Waals surface area contributed by atoms with E-state index in [0.29, 0.717) is 19.0 Å². The summed E-state index contributed by atoms with van der Waals surface area (Å²) in [6.07, 6.45) is 6.64. The number of carbonyl (C=O) groups excluding carboxylic acids is 1. The maximum atomic E-state index is 12.4. The van der Waals surface area contributed by atoms with Crippen LogP contribution in [0.25, 0.3) is 0 Å². The first kappa shape index (κ1) is 17.7. The smallest absolute Gasteiger partial charge is 0.236 e. The Morgan fingerprint density at radius 1 is 1.18 bits per heavy atom. The minimum absolute atomic E-state index is 0.0656. The lowest BCUT2D eigenvalue weighted by atomic mass is 9.99. The van der Waals surface area contributed by atoms with E-state index in [1.807, 2.05) is 4.90 Å². The second-order valence-electron chi connectivity index (χ2n) is 6.68. The number of nitrogens with zero attached hydrogens (tertiary/aromatic N) is 2. The van der Waals surface area contributed by atoms with Gasteiger partial charge in [0, 0.05) is 32.2 Å². The molecule has 0 bridgehead atoms. The number of hydrogen-bond donors (Lipinski definition) is 1. The first-order valence-electron chi connectivity index (χ1n) is 8.36. The number of rotatable bonds is 6. The predicted octanol–water partition coefficient (Wildman–Crippen LogP) is 0.649. The Bertz CT molecular complexity index is 474. The number of hydrogen-bond acceptors (Lipinski definition) is 4. The Morgan fingerprint density at radius 3 is 2.45 bits per heavy atom. The highest BCUT2D eigenvalue weighted by Gasteiger charge is 2.35. The number of sulfonamides is 1. The van der Waals surface area contributed by atoms with Crippen molar-refractivity contribution in [2.24, 2.45) is 5.92 Å². The fraction of sp³-hybridized carbons (Fsp3) is 0.933. The maximum absolute atomic E-state index is 12.4. The van der Waals surface area contributed by atoms with Gasteiger partial charge in [-0.1, -0.05) is 13.3 Å². The summed E-state index contributed by atoms with van der Waals surface area (Å²) in [4.78, 5) is 16.4. The largest absolute Gasteiger partial charge is 0.342 e. The molecule has 1 amide bonds. The van der Waals surface area contributed by atoms with Gasteiger partial charge in [-0.25, -0.2) is 13.1 Å².